The molecule has 1 aromatic carbocycles. The molecule has 1 aliphatic heterocycles. The van der Waals surface area contributed by atoms with Crippen molar-refractivity contribution >= 4 is 29.9 Å². The number of fused-ring (bicyclic) bond motifs is 1. The van der Waals surface area contributed by atoms with E-state index in [1.165, 1.54) is 6.42 Å². The molecule has 5 nitrogen and oxygen atoms in total. The van der Waals surface area contributed by atoms with Crippen LogP contribution in [0.1, 0.15) is 31.2 Å². The molecule has 0 radical (unpaired) electrons. The van der Waals surface area contributed by atoms with Crippen molar-refractivity contribution in [3.63, 3.8) is 0 Å². The molecule has 0 aromatic heterocycles. The molecule has 1 aromatic rings. The lowest BCUT2D eigenvalue weighted by atomic mass is 9.67. The number of halogens is 1. The average Bonchev–Trinajstić information content (AvgIpc) is 3.01. The van der Waals surface area contributed by atoms with Crippen LogP contribution in [0.15, 0.2) is 24.3 Å². The van der Waals surface area contributed by atoms with Gasteiger partial charge in [-0.05, 0) is 43.0 Å². The Morgan fingerprint density at radius 3 is 2.64 bits per heavy atom. The van der Waals surface area contributed by atoms with Crippen molar-refractivity contribution in [1.82, 2.24) is 10.2 Å². The lowest BCUT2D eigenvalue weighted by Gasteiger charge is -2.37. The number of carbonyl (C=O) groups is 2. The van der Waals surface area contributed by atoms with Gasteiger partial charge in [-0.1, -0.05) is 25.0 Å². The maximum absolute atomic E-state index is 12.9. The molecule has 1 saturated carbocycles. The molecule has 1 saturated heterocycles. The van der Waals surface area contributed by atoms with Gasteiger partial charge in [0, 0.05) is 26.3 Å². The Hall–Kier alpha value is -1.59. The highest BCUT2D eigenvalue weighted by Gasteiger charge is 2.49. The Balaban J connectivity index is 0.00000225. The maximum atomic E-state index is 12.9. The second kappa shape index (κ2) is 8.19. The normalized spacial score (nSPS) is 24.8. The Morgan fingerprint density at radius 1 is 1.24 bits per heavy atom. The molecule has 0 unspecified atom stereocenters. The number of likely N-dealkylation sites (N-methyl/N-ethyl adjacent to an activating group) is 1. The molecule has 2 amide bonds. The van der Waals surface area contributed by atoms with Crippen molar-refractivity contribution in [2.24, 2.45) is 11.3 Å². The Labute approximate surface area is 155 Å². The third-order valence-corrected chi connectivity index (χ3v) is 5.56. The molecule has 138 valence electrons. The molecule has 1 heterocycles. The highest BCUT2D eigenvalue weighted by atomic mass is 35.5. The van der Waals surface area contributed by atoms with Crippen molar-refractivity contribution in [1.29, 1.82) is 0 Å². The molecule has 6 heteroatoms. The minimum atomic E-state index is -0.238. The number of amides is 2. The largest absolute Gasteiger partial charge is 0.349 e. The van der Waals surface area contributed by atoms with Crippen LogP contribution in [0.5, 0.6) is 0 Å². The van der Waals surface area contributed by atoms with Gasteiger partial charge in [-0.2, -0.15) is 0 Å². The number of rotatable bonds is 4. The molecule has 2 N–H and O–H groups in total. The third kappa shape index (κ3) is 4.15. The summed E-state index contributed by atoms with van der Waals surface area (Å²) in [5.41, 5.74) is 1.53. The van der Waals surface area contributed by atoms with Gasteiger partial charge in [0.2, 0.25) is 11.8 Å². The topological polar surface area (TPSA) is 61.4 Å². The fourth-order valence-corrected chi connectivity index (χ4v) is 3.98. The number of benzene rings is 1. The first-order chi connectivity index (χ1) is 11.5. The molecule has 3 rings (SSSR count). The average molecular weight is 366 g/mol. The smallest absolute Gasteiger partial charge is 0.232 e. The summed E-state index contributed by atoms with van der Waals surface area (Å²) in [6.45, 7) is 1.75. The Kier molecular flexibility index (Phi) is 6.47. The van der Waals surface area contributed by atoms with Crippen LogP contribution < -0.4 is 10.6 Å². The monoisotopic (exact) mass is 365 g/mol. The summed E-state index contributed by atoms with van der Waals surface area (Å²) in [5.74, 6) is 0.685. The highest BCUT2D eigenvalue weighted by molar-refractivity contribution is 5.96. The molecule has 25 heavy (non-hydrogen) atoms. The number of hydrogen-bond donors (Lipinski definition) is 2. The Bertz CT molecular complexity index is 618. The number of nitrogens with one attached hydrogen (secondary N) is 2. The van der Waals surface area contributed by atoms with Crippen LogP contribution in [0.25, 0.3) is 0 Å². The van der Waals surface area contributed by atoms with Gasteiger partial charge in [0.05, 0.1) is 11.8 Å². The number of hydrogen-bond acceptors (Lipinski definition) is 3. The lowest BCUT2D eigenvalue weighted by Crippen LogP contribution is -2.44. The summed E-state index contributed by atoms with van der Waals surface area (Å²) in [5, 5.41) is 6.51. The van der Waals surface area contributed by atoms with E-state index in [0.29, 0.717) is 12.3 Å². The van der Waals surface area contributed by atoms with Crippen LogP contribution in [-0.4, -0.2) is 43.9 Å². The zero-order chi connectivity index (χ0) is 17.2. The summed E-state index contributed by atoms with van der Waals surface area (Å²) in [4.78, 5) is 26.3. The van der Waals surface area contributed by atoms with Crippen molar-refractivity contribution in [2.75, 3.05) is 32.5 Å². The maximum Gasteiger partial charge on any atom is 0.232 e. The van der Waals surface area contributed by atoms with E-state index in [1.54, 1.807) is 19.0 Å². The molecule has 0 spiro atoms. The van der Waals surface area contributed by atoms with Crippen molar-refractivity contribution in [3.05, 3.63) is 29.8 Å². The second-order valence-corrected chi connectivity index (χ2v) is 7.35. The van der Waals surface area contributed by atoms with Crippen LogP contribution in [0.3, 0.4) is 0 Å². The predicted octanol–water partition coefficient (Wildman–Crippen LogP) is 2.46. The van der Waals surface area contributed by atoms with E-state index in [4.69, 9.17) is 0 Å². The van der Waals surface area contributed by atoms with E-state index >= 15 is 0 Å². The van der Waals surface area contributed by atoms with E-state index < -0.39 is 0 Å². The van der Waals surface area contributed by atoms with Crippen molar-refractivity contribution in [2.45, 2.75) is 32.1 Å². The van der Waals surface area contributed by atoms with E-state index in [1.807, 2.05) is 24.3 Å². The van der Waals surface area contributed by atoms with Gasteiger partial charge in [-0.3, -0.25) is 9.59 Å². The van der Waals surface area contributed by atoms with Gasteiger partial charge in [0.15, 0.2) is 0 Å². The van der Waals surface area contributed by atoms with Gasteiger partial charge in [-0.15, -0.1) is 12.4 Å². The molecule has 0 bridgehead atoms. The van der Waals surface area contributed by atoms with E-state index in [0.717, 1.165) is 43.6 Å². The van der Waals surface area contributed by atoms with Crippen molar-refractivity contribution in [3.8, 4) is 0 Å². The number of carbonyl (C=O) groups excluding carboxylic acids is 2. The first-order valence-electron chi connectivity index (χ1n) is 8.82. The minimum Gasteiger partial charge on any atom is -0.349 e. The third-order valence-electron chi connectivity index (χ3n) is 5.56. The molecule has 1 aliphatic carbocycles. The standard InChI is InChI=1S/C19H27N3O2.ClH/c1-22(2)17(23)11-14-6-8-16(9-7-14)21-18(24)19-10-4-3-5-15(19)12-20-13-19;/h6-9,15,20H,3-5,10-13H2,1-2H3,(H,21,24);1H/t15-,19+;/m0./s1. The summed E-state index contributed by atoms with van der Waals surface area (Å²) in [7, 11) is 3.51. The van der Waals surface area contributed by atoms with E-state index in [2.05, 4.69) is 10.6 Å². The molecule has 2 atom stereocenters. The highest BCUT2D eigenvalue weighted by Crippen LogP contribution is 2.44. The fraction of sp³-hybridized carbons (Fsp3) is 0.579. The van der Waals surface area contributed by atoms with E-state index in [-0.39, 0.29) is 29.6 Å². The van der Waals surface area contributed by atoms with Crippen LogP contribution in [0, 0.1) is 11.3 Å². The zero-order valence-corrected chi connectivity index (χ0v) is 15.8. The van der Waals surface area contributed by atoms with Crippen LogP contribution in [0.2, 0.25) is 0 Å². The minimum absolute atomic E-state index is 0. The quantitative estimate of drug-likeness (QED) is 0.861. The number of anilines is 1. The van der Waals surface area contributed by atoms with Gasteiger partial charge in [-0.25, -0.2) is 0 Å². The first kappa shape index (κ1) is 19.7. The molecule has 2 fully saturated rings. The molecule has 2 aliphatic rings. The lowest BCUT2D eigenvalue weighted by molar-refractivity contribution is -0.129. The van der Waals surface area contributed by atoms with Gasteiger partial charge < -0.3 is 15.5 Å². The second-order valence-electron chi connectivity index (χ2n) is 7.35. The summed E-state index contributed by atoms with van der Waals surface area (Å²) in [6, 6.07) is 7.62. The first-order valence-corrected chi connectivity index (χ1v) is 8.82. The predicted molar refractivity (Wildman–Crippen MR) is 102 cm³/mol. The van der Waals surface area contributed by atoms with Crippen LogP contribution in [-0.2, 0) is 16.0 Å². The van der Waals surface area contributed by atoms with Crippen LogP contribution in [0.4, 0.5) is 5.69 Å². The SMILES string of the molecule is CN(C)C(=O)Cc1ccc(NC(=O)[C@@]23CCCC[C@H]2CNC3)cc1.Cl. The number of nitrogens with zero attached hydrogens (tertiary/aromatic N) is 1. The van der Waals surface area contributed by atoms with E-state index in [9.17, 15) is 9.59 Å². The summed E-state index contributed by atoms with van der Waals surface area (Å²) >= 11 is 0. The fourth-order valence-electron chi connectivity index (χ4n) is 3.98. The van der Waals surface area contributed by atoms with Crippen molar-refractivity contribution < 1.29 is 9.59 Å². The summed E-state index contributed by atoms with van der Waals surface area (Å²) in [6.07, 6.45) is 4.88. The van der Waals surface area contributed by atoms with Gasteiger partial charge >= 0.3 is 0 Å². The molecular weight excluding hydrogens is 338 g/mol. The summed E-state index contributed by atoms with van der Waals surface area (Å²) < 4.78 is 0. The van der Waals surface area contributed by atoms with Crippen LogP contribution >= 0.6 is 12.4 Å². The zero-order valence-electron chi connectivity index (χ0n) is 15.0. The molecular formula is C19H28ClN3O2. The van der Waals surface area contributed by atoms with Gasteiger partial charge in [0.1, 0.15) is 0 Å². The Morgan fingerprint density at radius 2 is 1.96 bits per heavy atom. The van der Waals surface area contributed by atoms with Gasteiger partial charge in [0.25, 0.3) is 0 Å².